The van der Waals surface area contributed by atoms with Crippen LogP contribution in [0.5, 0.6) is 0 Å². The zero-order valence-electron chi connectivity index (χ0n) is 10.6. The summed E-state index contributed by atoms with van der Waals surface area (Å²) in [5.41, 5.74) is 11.2. The van der Waals surface area contributed by atoms with Crippen LogP contribution in [0.1, 0.15) is 16.7 Å². The Hall–Kier alpha value is -2.17. The fourth-order valence-corrected chi connectivity index (χ4v) is 1.65. The van der Waals surface area contributed by atoms with Gasteiger partial charge in [0, 0.05) is 12.1 Å². The number of hydrogen-bond donors (Lipinski definition) is 3. The Kier molecular flexibility index (Phi) is 4.66. The smallest absolute Gasteiger partial charge is 0.122 e. The van der Waals surface area contributed by atoms with E-state index in [0.717, 1.165) is 16.7 Å². The van der Waals surface area contributed by atoms with Crippen LogP contribution in [0, 0.1) is 5.41 Å². The zero-order chi connectivity index (χ0) is 13.5. The lowest BCUT2D eigenvalue weighted by Crippen LogP contribution is -2.14. The first-order valence-electron chi connectivity index (χ1n) is 6.07. The maximum atomic E-state index is 7.31. The van der Waals surface area contributed by atoms with E-state index in [1.165, 1.54) is 0 Å². The number of hydrogen-bond acceptors (Lipinski definition) is 3. The molecule has 0 unspecified atom stereocenters. The number of hydroxylamine groups is 1. The van der Waals surface area contributed by atoms with Gasteiger partial charge in [0.25, 0.3) is 0 Å². The molecule has 0 radical (unpaired) electrons. The Morgan fingerprint density at radius 1 is 1.00 bits per heavy atom. The van der Waals surface area contributed by atoms with Crippen molar-refractivity contribution < 1.29 is 4.84 Å². The van der Waals surface area contributed by atoms with Gasteiger partial charge in [0.15, 0.2) is 0 Å². The molecular formula is C15H17N3O. The highest BCUT2D eigenvalue weighted by Gasteiger charge is 1.97. The summed E-state index contributed by atoms with van der Waals surface area (Å²) >= 11 is 0. The summed E-state index contributed by atoms with van der Waals surface area (Å²) in [6.07, 6.45) is 0. The summed E-state index contributed by atoms with van der Waals surface area (Å²) < 4.78 is 0. The van der Waals surface area contributed by atoms with Crippen LogP contribution in [-0.2, 0) is 18.0 Å². The molecule has 0 atom stereocenters. The number of amidine groups is 1. The van der Waals surface area contributed by atoms with E-state index in [0.29, 0.717) is 13.2 Å². The van der Waals surface area contributed by atoms with Crippen molar-refractivity contribution in [1.82, 2.24) is 5.48 Å². The zero-order valence-corrected chi connectivity index (χ0v) is 10.6. The third-order valence-corrected chi connectivity index (χ3v) is 2.72. The molecule has 2 aromatic carbocycles. The van der Waals surface area contributed by atoms with Gasteiger partial charge in [-0.2, -0.15) is 5.48 Å². The molecule has 0 heterocycles. The van der Waals surface area contributed by atoms with E-state index in [9.17, 15) is 0 Å². The predicted octanol–water partition coefficient (Wildman–Crippen LogP) is 2.19. The van der Waals surface area contributed by atoms with Gasteiger partial charge in [-0.25, -0.2) is 0 Å². The van der Waals surface area contributed by atoms with Crippen molar-refractivity contribution in [3.8, 4) is 0 Å². The highest BCUT2D eigenvalue weighted by molar-refractivity contribution is 5.94. The van der Waals surface area contributed by atoms with Crippen molar-refractivity contribution in [2.45, 2.75) is 13.2 Å². The van der Waals surface area contributed by atoms with Gasteiger partial charge in [0.2, 0.25) is 0 Å². The predicted molar refractivity (Wildman–Crippen MR) is 75.5 cm³/mol. The van der Waals surface area contributed by atoms with E-state index in [1.807, 2.05) is 54.6 Å². The largest absolute Gasteiger partial charge is 0.384 e. The second kappa shape index (κ2) is 6.68. The molecule has 4 N–H and O–H groups in total. The number of nitrogens with one attached hydrogen (secondary N) is 2. The lowest BCUT2D eigenvalue weighted by Gasteiger charge is -2.06. The highest BCUT2D eigenvalue weighted by Crippen LogP contribution is 2.04. The molecule has 4 nitrogen and oxygen atoms in total. The summed E-state index contributed by atoms with van der Waals surface area (Å²) in [6, 6.07) is 17.5. The first kappa shape index (κ1) is 13.3. The van der Waals surface area contributed by atoms with Crippen LogP contribution in [0.4, 0.5) is 0 Å². The Morgan fingerprint density at radius 2 is 1.68 bits per heavy atom. The fraction of sp³-hybridized carbons (Fsp3) is 0.133. The number of rotatable bonds is 6. The van der Waals surface area contributed by atoms with Crippen molar-refractivity contribution in [3.63, 3.8) is 0 Å². The van der Waals surface area contributed by atoms with Crippen LogP contribution >= 0.6 is 0 Å². The van der Waals surface area contributed by atoms with Gasteiger partial charge < -0.3 is 5.73 Å². The first-order valence-corrected chi connectivity index (χ1v) is 6.07. The Morgan fingerprint density at radius 3 is 2.32 bits per heavy atom. The molecule has 2 aromatic rings. The van der Waals surface area contributed by atoms with Crippen LogP contribution in [0.25, 0.3) is 0 Å². The Balaban J connectivity index is 1.75. The van der Waals surface area contributed by atoms with E-state index < -0.39 is 0 Å². The standard InChI is InChI=1S/C15H17N3O/c16-15(17)14-8-6-12(7-9-14)10-18-19-11-13-4-2-1-3-5-13/h1-9,18H,10-11H2,(H3,16,17). The maximum absolute atomic E-state index is 7.31. The normalized spacial score (nSPS) is 10.3. The minimum atomic E-state index is 0.0832. The molecule has 0 aliphatic heterocycles. The van der Waals surface area contributed by atoms with Crippen LogP contribution < -0.4 is 11.2 Å². The molecule has 4 heteroatoms. The lowest BCUT2D eigenvalue weighted by atomic mass is 10.1. The van der Waals surface area contributed by atoms with Crippen molar-refractivity contribution in [2.24, 2.45) is 5.73 Å². The van der Waals surface area contributed by atoms with Gasteiger partial charge in [0.05, 0.1) is 6.61 Å². The molecule has 0 aromatic heterocycles. The molecule has 0 spiro atoms. The van der Waals surface area contributed by atoms with E-state index in [1.54, 1.807) is 0 Å². The maximum Gasteiger partial charge on any atom is 0.122 e. The average molecular weight is 255 g/mol. The van der Waals surface area contributed by atoms with Gasteiger partial charge in [0.1, 0.15) is 5.84 Å². The fourth-order valence-electron chi connectivity index (χ4n) is 1.65. The summed E-state index contributed by atoms with van der Waals surface area (Å²) in [7, 11) is 0. The van der Waals surface area contributed by atoms with Crippen LogP contribution in [-0.4, -0.2) is 5.84 Å². The molecule has 0 aliphatic carbocycles. The lowest BCUT2D eigenvalue weighted by molar-refractivity contribution is 0.0235. The van der Waals surface area contributed by atoms with Crippen LogP contribution in [0.2, 0.25) is 0 Å². The monoisotopic (exact) mass is 255 g/mol. The van der Waals surface area contributed by atoms with Crippen molar-refractivity contribution >= 4 is 5.84 Å². The minimum absolute atomic E-state index is 0.0832. The van der Waals surface area contributed by atoms with Crippen molar-refractivity contribution in [1.29, 1.82) is 5.41 Å². The summed E-state index contributed by atoms with van der Waals surface area (Å²) in [5.74, 6) is 0.0832. The summed E-state index contributed by atoms with van der Waals surface area (Å²) in [5, 5.41) is 7.31. The molecular weight excluding hydrogens is 238 g/mol. The first-order chi connectivity index (χ1) is 9.25. The highest BCUT2D eigenvalue weighted by atomic mass is 16.6. The van der Waals surface area contributed by atoms with E-state index in [-0.39, 0.29) is 5.84 Å². The van der Waals surface area contributed by atoms with Crippen molar-refractivity contribution in [2.75, 3.05) is 0 Å². The topological polar surface area (TPSA) is 71.1 Å². The molecule has 0 saturated carbocycles. The quantitative estimate of drug-likeness (QED) is 0.321. The molecule has 0 aliphatic rings. The van der Waals surface area contributed by atoms with Crippen molar-refractivity contribution in [3.05, 3.63) is 71.3 Å². The van der Waals surface area contributed by atoms with E-state index >= 15 is 0 Å². The molecule has 0 fully saturated rings. The van der Waals surface area contributed by atoms with Gasteiger partial charge in [-0.05, 0) is 11.1 Å². The molecule has 0 saturated heterocycles. The molecule has 0 bridgehead atoms. The van der Waals surface area contributed by atoms with Crippen LogP contribution in [0.15, 0.2) is 54.6 Å². The summed E-state index contributed by atoms with van der Waals surface area (Å²) in [6.45, 7) is 1.15. The van der Waals surface area contributed by atoms with Gasteiger partial charge >= 0.3 is 0 Å². The SMILES string of the molecule is N=C(N)c1ccc(CNOCc2ccccc2)cc1. The average Bonchev–Trinajstić information content (AvgIpc) is 2.45. The molecule has 2 rings (SSSR count). The Labute approximate surface area is 112 Å². The molecule has 0 amide bonds. The van der Waals surface area contributed by atoms with E-state index in [4.69, 9.17) is 16.0 Å². The molecule has 19 heavy (non-hydrogen) atoms. The van der Waals surface area contributed by atoms with Gasteiger partial charge in [-0.15, -0.1) is 0 Å². The number of nitrogen functional groups attached to an aromatic ring is 1. The van der Waals surface area contributed by atoms with Gasteiger partial charge in [-0.3, -0.25) is 10.2 Å². The van der Waals surface area contributed by atoms with Crippen LogP contribution in [0.3, 0.4) is 0 Å². The molecule has 98 valence electrons. The van der Waals surface area contributed by atoms with E-state index in [2.05, 4.69) is 5.48 Å². The number of benzene rings is 2. The second-order valence-electron chi connectivity index (χ2n) is 4.21. The summed E-state index contributed by atoms with van der Waals surface area (Å²) in [4.78, 5) is 5.38. The number of nitrogens with two attached hydrogens (primary N) is 1. The second-order valence-corrected chi connectivity index (χ2v) is 4.21. The third kappa shape index (κ3) is 4.21. The minimum Gasteiger partial charge on any atom is -0.384 e. The third-order valence-electron chi connectivity index (χ3n) is 2.72. The Bertz CT molecular complexity index is 523. The van der Waals surface area contributed by atoms with Gasteiger partial charge in [-0.1, -0.05) is 54.6 Å².